The molecule has 0 aromatic carbocycles. The van der Waals surface area contributed by atoms with Crippen LogP contribution in [0.25, 0.3) is 0 Å². The zero-order valence-corrected chi connectivity index (χ0v) is 10.9. The van der Waals surface area contributed by atoms with Crippen molar-refractivity contribution < 1.29 is 0 Å². The first-order valence-electron chi connectivity index (χ1n) is 5.71. The van der Waals surface area contributed by atoms with Gasteiger partial charge in [-0.05, 0) is 25.0 Å². The highest BCUT2D eigenvalue weighted by molar-refractivity contribution is 7.99. The van der Waals surface area contributed by atoms with E-state index in [9.17, 15) is 0 Å². The molecule has 0 bridgehead atoms. The number of thioether (sulfide) groups is 1. The third kappa shape index (κ3) is 4.33. The predicted octanol–water partition coefficient (Wildman–Crippen LogP) is 1.78. The van der Waals surface area contributed by atoms with Crippen molar-refractivity contribution in [3.8, 4) is 0 Å². The van der Waals surface area contributed by atoms with Crippen LogP contribution in [0.3, 0.4) is 0 Å². The summed E-state index contributed by atoms with van der Waals surface area (Å²) in [6.45, 7) is 7.47. The molecule has 88 valence electrons. The standard InChI is InChI=1S/C11H23N3S/c1-9-4-6-14(7-5-9)11(12)13-8-10(2)15-3/h9-10H,4-8H2,1-3H3,(H2,12,13). The van der Waals surface area contributed by atoms with Crippen molar-refractivity contribution in [2.45, 2.75) is 31.9 Å². The normalized spacial score (nSPS) is 21.8. The van der Waals surface area contributed by atoms with E-state index in [1.807, 2.05) is 11.8 Å². The van der Waals surface area contributed by atoms with Gasteiger partial charge >= 0.3 is 0 Å². The molecule has 4 heteroatoms. The van der Waals surface area contributed by atoms with Crippen LogP contribution in [0.5, 0.6) is 0 Å². The number of likely N-dealkylation sites (tertiary alicyclic amines) is 1. The van der Waals surface area contributed by atoms with Crippen LogP contribution in [0.4, 0.5) is 0 Å². The Morgan fingerprint density at radius 2 is 2.13 bits per heavy atom. The van der Waals surface area contributed by atoms with Gasteiger partial charge in [-0.15, -0.1) is 0 Å². The van der Waals surface area contributed by atoms with E-state index in [4.69, 9.17) is 5.73 Å². The zero-order valence-electron chi connectivity index (χ0n) is 10.1. The van der Waals surface area contributed by atoms with Crippen LogP contribution in [0.2, 0.25) is 0 Å². The second-order valence-corrected chi connectivity index (χ2v) is 5.69. The minimum Gasteiger partial charge on any atom is -0.370 e. The molecule has 1 fully saturated rings. The summed E-state index contributed by atoms with van der Waals surface area (Å²) >= 11 is 1.83. The smallest absolute Gasteiger partial charge is 0.191 e. The fourth-order valence-electron chi connectivity index (χ4n) is 1.63. The topological polar surface area (TPSA) is 41.6 Å². The molecule has 0 saturated carbocycles. The summed E-state index contributed by atoms with van der Waals surface area (Å²) in [7, 11) is 0. The van der Waals surface area contributed by atoms with E-state index in [1.54, 1.807) is 0 Å². The molecular weight excluding hydrogens is 206 g/mol. The Morgan fingerprint density at radius 3 is 2.67 bits per heavy atom. The van der Waals surface area contributed by atoms with Gasteiger partial charge in [0, 0.05) is 18.3 Å². The molecule has 1 rings (SSSR count). The SMILES string of the molecule is CSC(C)CN=C(N)N1CCC(C)CC1. The Morgan fingerprint density at radius 1 is 1.53 bits per heavy atom. The van der Waals surface area contributed by atoms with Crippen LogP contribution in [0.1, 0.15) is 26.7 Å². The lowest BCUT2D eigenvalue weighted by Gasteiger charge is -2.31. The quantitative estimate of drug-likeness (QED) is 0.592. The third-order valence-corrected chi connectivity index (χ3v) is 3.97. The van der Waals surface area contributed by atoms with Crippen molar-refractivity contribution in [1.29, 1.82) is 0 Å². The van der Waals surface area contributed by atoms with Gasteiger partial charge in [-0.2, -0.15) is 11.8 Å². The lowest BCUT2D eigenvalue weighted by molar-refractivity contribution is 0.277. The molecule has 0 aromatic heterocycles. The number of aliphatic imine (C=N–C) groups is 1. The molecule has 1 saturated heterocycles. The van der Waals surface area contributed by atoms with Gasteiger partial charge in [0.1, 0.15) is 0 Å². The third-order valence-electron chi connectivity index (χ3n) is 3.02. The molecule has 1 aliphatic rings. The first kappa shape index (κ1) is 12.7. The Hall–Kier alpha value is -0.380. The Kier molecular flexibility index (Phi) is 5.29. The second kappa shape index (κ2) is 6.26. The van der Waals surface area contributed by atoms with Gasteiger partial charge in [0.15, 0.2) is 5.96 Å². The minimum absolute atomic E-state index is 0.562. The molecule has 1 aliphatic heterocycles. The molecule has 0 aromatic rings. The summed E-state index contributed by atoms with van der Waals surface area (Å²) in [6.07, 6.45) is 4.60. The Balaban J connectivity index is 2.35. The Bertz CT molecular complexity index is 210. The second-order valence-electron chi connectivity index (χ2n) is 4.41. The molecule has 1 atom stereocenters. The maximum atomic E-state index is 5.96. The highest BCUT2D eigenvalue weighted by atomic mass is 32.2. The fourth-order valence-corrected chi connectivity index (χ4v) is 1.86. The first-order valence-corrected chi connectivity index (χ1v) is 7.00. The molecule has 3 nitrogen and oxygen atoms in total. The van der Waals surface area contributed by atoms with Crippen LogP contribution in [-0.2, 0) is 0 Å². The molecular formula is C11H23N3S. The van der Waals surface area contributed by atoms with Gasteiger partial charge in [-0.25, -0.2) is 0 Å². The summed E-state index contributed by atoms with van der Waals surface area (Å²) in [5, 5.41) is 0.562. The van der Waals surface area contributed by atoms with E-state index in [2.05, 4.69) is 30.0 Å². The van der Waals surface area contributed by atoms with E-state index in [-0.39, 0.29) is 0 Å². The van der Waals surface area contributed by atoms with E-state index in [0.29, 0.717) is 5.25 Å². The molecule has 0 aliphatic carbocycles. The van der Waals surface area contributed by atoms with Crippen molar-refractivity contribution in [2.75, 3.05) is 25.9 Å². The van der Waals surface area contributed by atoms with E-state index in [0.717, 1.165) is 31.5 Å². The number of rotatable bonds is 3. The van der Waals surface area contributed by atoms with Crippen molar-refractivity contribution in [3.63, 3.8) is 0 Å². The molecule has 1 heterocycles. The van der Waals surface area contributed by atoms with Crippen molar-refractivity contribution >= 4 is 17.7 Å². The predicted molar refractivity (Wildman–Crippen MR) is 69.4 cm³/mol. The fraction of sp³-hybridized carbons (Fsp3) is 0.909. The molecule has 2 N–H and O–H groups in total. The zero-order chi connectivity index (χ0) is 11.3. The van der Waals surface area contributed by atoms with Crippen molar-refractivity contribution in [3.05, 3.63) is 0 Å². The molecule has 0 radical (unpaired) electrons. The molecule has 0 amide bonds. The van der Waals surface area contributed by atoms with Gasteiger partial charge in [-0.3, -0.25) is 4.99 Å². The minimum atomic E-state index is 0.562. The summed E-state index contributed by atoms with van der Waals surface area (Å²) in [6, 6.07) is 0. The largest absolute Gasteiger partial charge is 0.370 e. The number of hydrogen-bond acceptors (Lipinski definition) is 2. The molecule has 1 unspecified atom stereocenters. The number of piperidine rings is 1. The van der Waals surface area contributed by atoms with Gasteiger partial charge in [0.05, 0.1) is 6.54 Å². The van der Waals surface area contributed by atoms with Crippen molar-refractivity contribution in [1.82, 2.24) is 4.90 Å². The lowest BCUT2D eigenvalue weighted by atomic mass is 10.00. The van der Waals surface area contributed by atoms with E-state index < -0.39 is 0 Å². The highest BCUT2D eigenvalue weighted by Gasteiger charge is 2.16. The van der Waals surface area contributed by atoms with Crippen LogP contribution < -0.4 is 5.73 Å². The van der Waals surface area contributed by atoms with Crippen LogP contribution >= 0.6 is 11.8 Å². The van der Waals surface area contributed by atoms with Gasteiger partial charge in [0.25, 0.3) is 0 Å². The molecule has 15 heavy (non-hydrogen) atoms. The first-order chi connectivity index (χ1) is 7.13. The lowest BCUT2D eigenvalue weighted by Crippen LogP contribution is -2.42. The van der Waals surface area contributed by atoms with Crippen LogP contribution in [0, 0.1) is 5.92 Å². The number of nitrogens with two attached hydrogens (primary N) is 1. The molecule has 0 spiro atoms. The number of nitrogens with zero attached hydrogens (tertiary/aromatic N) is 2. The summed E-state index contributed by atoms with van der Waals surface area (Å²) < 4.78 is 0. The maximum Gasteiger partial charge on any atom is 0.191 e. The maximum absolute atomic E-state index is 5.96. The summed E-state index contributed by atoms with van der Waals surface area (Å²) in [5.41, 5.74) is 5.96. The monoisotopic (exact) mass is 229 g/mol. The average Bonchev–Trinajstić information content (AvgIpc) is 2.26. The van der Waals surface area contributed by atoms with Crippen LogP contribution in [-0.4, -0.2) is 42.0 Å². The van der Waals surface area contributed by atoms with Gasteiger partial charge in [-0.1, -0.05) is 13.8 Å². The summed E-state index contributed by atoms with van der Waals surface area (Å²) in [4.78, 5) is 6.66. The van der Waals surface area contributed by atoms with Gasteiger partial charge in [0.2, 0.25) is 0 Å². The highest BCUT2D eigenvalue weighted by Crippen LogP contribution is 2.15. The number of hydrogen-bond donors (Lipinski definition) is 1. The Labute approximate surface area is 97.5 Å². The van der Waals surface area contributed by atoms with Crippen molar-refractivity contribution in [2.24, 2.45) is 16.6 Å². The van der Waals surface area contributed by atoms with Gasteiger partial charge < -0.3 is 10.6 Å². The average molecular weight is 229 g/mol. The van der Waals surface area contributed by atoms with Crippen LogP contribution in [0.15, 0.2) is 4.99 Å². The van der Waals surface area contributed by atoms with E-state index in [1.165, 1.54) is 12.8 Å². The number of guanidine groups is 1. The van der Waals surface area contributed by atoms with E-state index >= 15 is 0 Å². The summed E-state index contributed by atoms with van der Waals surface area (Å²) in [5.74, 6) is 1.59.